The number of benzene rings is 1. The summed E-state index contributed by atoms with van der Waals surface area (Å²) in [5, 5.41) is 16.6. The van der Waals surface area contributed by atoms with Gasteiger partial charge in [0.1, 0.15) is 29.5 Å². The molecule has 1 aromatic carbocycles. The number of fused-ring (bicyclic) bond motifs is 3. The fourth-order valence-corrected chi connectivity index (χ4v) is 8.82. The summed E-state index contributed by atoms with van der Waals surface area (Å²) >= 11 is 0. The van der Waals surface area contributed by atoms with Crippen LogP contribution in [0.5, 0.6) is 11.6 Å². The third-order valence-electron chi connectivity index (χ3n) is 11.1. The summed E-state index contributed by atoms with van der Waals surface area (Å²) in [4.78, 5) is 60.5. The van der Waals surface area contributed by atoms with Gasteiger partial charge < -0.3 is 30.1 Å². The molecule has 4 amide bonds. The number of aromatic nitrogens is 1. The zero-order valence-corrected chi connectivity index (χ0v) is 30.2. The van der Waals surface area contributed by atoms with E-state index in [2.05, 4.69) is 27.3 Å². The average molecular weight is 726 g/mol. The number of methoxy groups -OCH3 is 1. The summed E-state index contributed by atoms with van der Waals surface area (Å²) in [6.07, 6.45) is 6.79. The first-order valence-electron chi connectivity index (χ1n) is 17.7. The molecule has 0 unspecified atom stereocenters. The molecule has 51 heavy (non-hydrogen) atoms. The number of carboxylic acid groups (broad SMARTS) is 1. The number of nitrogens with zero attached hydrogens (tertiary/aromatic N) is 2. The number of amides is 4. The van der Waals surface area contributed by atoms with E-state index in [0.717, 1.165) is 11.8 Å². The molecule has 7 atom stereocenters. The zero-order valence-electron chi connectivity index (χ0n) is 29.4. The topological polar surface area (TPSA) is 193 Å². The smallest absolute Gasteiger partial charge is 0.405 e. The number of ether oxygens (including phenoxy) is 2. The highest BCUT2D eigenvalue weighted by molar-refractivity contribution is 7.91. The second kappa shape index (κ2) is 14.0. The number of hydrogen-bond donors (Lipinski definition) is 4. The summed E-state index contributed by atoms with van der Waals surface area (Å²) in [6, 6.07) is 5.08. The second-order valence-corrected chi connectivity index (χ2v) is 17.0. The molecule has 4 aliphatic rings. The minimum atomic E-state index is -4.00. The Kier molecular flexibility index (Phi) is 9.96. The van der Waals surface area contributed by atoms with E-state index in [4.69, 9.17) is 9.47 Å². The van der Waals surface area contributed by atoms with Crippen molar-refractivity contribution in [1.82, 2.24) is 25.2 Å². The minimum absolute atomic E-state index is 0.0150. The third kappa shape index (κ3) is 7.22. The minimum Gasteiger partial charge on any atom is -0.494 e. The molecule has 3 fully saturated rings. The standard InChI is InChI=1S/C36H47N5O9S/c1-5-22-16-21(2)10-6-7-11-23-18-36(23,33(44)40-51(47,48)35(3)14-15-35)39-30(42)27-17-24(20-41(27)32(43)29(22)38-34(45)46)50-31-26-13-9-8-12-25(26)28(49-4)19-37-31/h7-9,11-13,19,21-24,27,29,38H,5-6,10,14-18,20H2,1-4H3,(H,39,42)(H,40,44)(H,45,46)/b11-7-/t21-,22-,23-,24-,27+,29+,36-/m1/s1. The summed E-state index contributed by atoms with van der Waals surface area (Å²) in [5.41, 5.74) is -1.54. The van der Waals surface area contributed by atoms with Crippen LogP contribution < -0.4 is 24.8 Å². The Morgan fingerprint density at radius 2 is 1.88 bits per heavy atom. The zero-order chi connectivity index (χ0) is 36.7. The first kappa shape index (κ1) is 36.4. The van der Waals surface area contributed by atoms with Crippen LogP contribution in [-0.2, 0) is 24.4 Å². The normalized spacial score (nSPS) is 31.2. The number of rotatable bonds is 8. The fraction of sp³-hybridized carbons (Fsp3) is 0.583. The summed E-state index contributed by atoms with van der Waals surface area (Å²) in [6.45, 7) is 5.48. The largest absolute Gasteiger partial charge is 0.494 e. The lowest BCUT2D eigenvalue weighted by Crippen LogP contribution is -2.59. The van der Waals surface area contributed by atoms with E-state index in [1.807, 2.05) is 43.3 Å². The molecular weight excluding hydrogens is 678 g/mol. The molecule has 1 aromatic heterocycles. The van der Waals surface area contributed by atoms with E-state index >= 15 is 0 Å². The molecule has 4 N–H and O–H groups in total. The number of carbonyl (C=O) groups is 4. The van der Waals surface area contributed by atoms with Crippen molar-refractivity contribution in [3.63, 3.8) is 0 Å². The molecule has 2 aliphatic heterocycles. The Balaban J connectivity index is 1.35. The molecule has 0 spiro atoms. The van der Waals surface area contributed by atoms with Gasteiger partial charge in [0, 0.05) is 23.1 Å². The van der Waals surface area contributed by atoms with Gasteiger partial charge >= 0.3 is 6.09 Å². The quantitative estimate of drug-likeness (QED) is 0.293. The summed E-state index contributed by atoms with van der Waals surface area (Å²) in [7, 11) is -2.46. The van der Waals surface area contributed by atoms with Crippen molar-refractivity contribution in [3.05, 3.63) is 42.6 Å². The third-order valence-corrected chi connectivity index (χ3v) is 13.3. The first-order chi connectivity index (χ1) is 24.2. The van der Waals surface area contributed by atoms with E-state index in [9.17, 15) is 32.7 Å². The number of pyridine rings is 1. The van der Waals surface area contributed by atoms with Crippen molar-refractivity contribution < 1.29 is 42.2 Å². The van der Waals surface area contributed by atoms with E-state index in [0.29, 0.717) is 43.2 Å². The maximum absolute atomic E-state index is 14.5. The lowest BCUT2D eigenvalue weighted by molar-refractivity contribution is -0.142. The van der Waals surface area contributed by atoms with Gasteiger partial charge in [0.25, 0.3) is 5.91 Å². The molecule has 1 saturated heterocycles. The molecule has 3 heterocycles. The van der Waals surface area contributed by atoms with Crippen molar-refractivity contribution in [1.29, 1.82) is 0 Å². The van der Waals surface area contributed by atoms with Gasteiger partial charge in [-0.3, -0.25) is 19.1 Å². The van der Waals surface area contributed by atoms with E-state index in [1.165, 1.54) is 18.2 Å². The Morgan fingerprint density at radius 3 is 2.55 bits per heavy atom. The molecule has 6 rings (SSSR count). The maximum atomic E-state index is 14.5. The SMILES string of the molecule is CC[C@@H]1C[C@H](C)CC/C=C\[C@@H]2C[C@@]2(C(=O)NS(=O)(=O)C2(C)CC2)NC(=O)[C@@H]2C[C@@H](Oc3ncc(OC)c4ccccc34)CN2C(=O)[C@H]1NC(=O)O. The van der Waals surface area contributed by atoms with Crippen LogP contribution in [-0.4, -0.2) is 89.4 Å². The van der Waals surface area contributed by atoms with Crippen molar-refractivity contribution in [3.8, 4) is 11.6 Å². The summed E-state index contributed by atoms with van der Waals surface area (Å²) < 4.78 is 39.3. The Bertz CT molecular complexity index is 1850. The number of allylic oxidation sites excluding steroid dienone is 1. The van der Waals surface area contributed by atoms with Crippen molar-refractivity contribution in [2.45, 2.75) is 101 Å². The van der Waals surface area contributed by atoms with Crippen LogP contribution in [0.4, 0.5) is 4.79 Å². The predicted octanol–water partition coefficient (Wildman–Crippen LogP) is 3.50. The monoisotopic (exact) mass is 725 g/mol. The molecule has 14 nitrogen and oxygen atoms in total. The Labute approximate surface area is 297 Å². The second-order valence-electron chi connectivity index (χ2n) is 14.8. The van der Waals surface area contributed by atoms with Gasteiger partial charge in [0.05, 0.1) is 24.6 Å². The van der Waals surface area contributed by atoms with Gasteiger partial charge in [-0.25, -0.2) is 18.2 Å². The van der Waals surface area contributed by atoms with Crippen molar-refractivity contribution >= 4 is 44.6 Å². The number of hydrogen-bond acceptors (Lipinski definition) is 9. The van der Waals surface area contributed by atoms with Crippen LogP contribution in [0.25, 0.3) is 10.8 Å². The highest BCUT2D eigenvalue weighted by atomic mass is 32.2. The average Bonchev–Trinajstić information content (AvgIpc) is 3.97. The van der Waals surface area contributed by atoms with Crippen LogP contribution in [0.2, 0.25) is 0 Å². The molecule has 0 radical (unpaired) electrons. The van der Waals surface area contributed by atoms with Crippen LogP contribution in [0.3, 0.4) is 0 Å². The van der Waals surface area contributed by atoms with Gasteiger partial charge in [-0.15, -0.1) is 0 Å². The molecule has 0 bridgehead atoms. The van der Waals surface area contributed by atoms with Gasteiger partial charge in [0.15, 0.2) is 0 Å². The van der Waals surface area contributed by atoms with Crippen LogP contribution in [0, 0.1) is 17.8 Å². The molecule has 2 saturated carbocycles. The number of nitrogens with one attached hydrogen (secondary N) is 3. The Morgan fingerprint density at radius 1 is 1.16 bits per heavy atom. The van der Waals surface area contributed by atoms with Crippen LogP contribution >= 0.6 is 0 Å². The Hall–Kier alpha value is -4.40. The first-order valence-corrected chi connectivity index (χ1v) is 19.1. The van der Waals surface area contributed by atoms with Crippen molar-refractivity contribution in [2.75, 3.05) is 13.7 Å². The van der Waals surface area contributed by atoms with Gasteiger partial charge in [-0.1, -0.05) is 50.6 Å². The van der Waals surface area contributed by atoms with Crippen LogP contribution in [0.1, 0.15) is 72.1 Å². The molecule has 2 aliphatic carbocycles. The van der Waals surface area contributed by atoms with Gasteiger partial charge in [-0.05, 0) is 63.4 Å². The van der Waals surface area contributed by atoms with Gasteiger partial charge in [0.2, 0.25) is 27.7 Å². The summed E-state index contributed by atoms with van der Waals surface area (Å²) in [5.74, 6) is -1.91. The van der Waals surface area contributed by atoms with Crippen molar-refractivity contribution in [2.24, 2.45) is 17.8 Å². The highest BCUT2D eigenvalue weighted by Gasteiger charge is 2.63. The number of carbonyl (C=O) groups excluding carboxylic acids is 3. The molecule has 276 valence electrons. The van der Waals surface area contributed by atoms with Crippen LogP contribution in [0.15, 0.2) is 42.6 Å². The maximum Gasteiger partial charge on any atom is 0.405 e. The van der Waals surface area contributed by atoms with E-state index in [1.54, 1.807) is 6.92 Å². The predicted molar refractivity (Wildman–Crippen MR) is 187 cm³/mol. The van der Waals surface area contributed by atoms with Gasteiger partial charge in [-0.2, -0.15) is 0 Å². The van der Waals surface area contributed by atoms with E-state index < -0.39 is 68.2 Å². The van der Waals surface area contributed by atoms with E-state index in [-0.39, 0.29) is 37.1 Å². The molecule has 15 heteroatoms. The molecular formula is C36H47N5O9S. The number of sulfonamides is 1. The lowest BCUT2D eigenvalue weighted by atomic mass is 9.85. The molecule has 2 aromatic rings. The lowest BCUT2D eigenvalue weighted by Gasteiger charge is -2.33. The fourth-order valence-electron chi connectivity index (χ4n) is 7.50. The highest BCUT2D eigenvalue weighted by Crippen LogP contribution is 2.47.